The van der Waals surface area contributed by atoms with Gasteiger partial charge in [0.1, 0.15) is 5.84 Å². The summed E-state index contributed by atoms with van der Waals surface area (Å²) < 4.78 is 57.0. The molecule has 0 amide bonds. The SMILES string of the molecule is CC(C)c1ccc(S(=O)(=O)Nc2cccc(S(=O)(=O)/N=C3\CCCN3C)c2)cc1. The summed E-state index contributed by atoms with van der Waals surface area (Å²) in [4.78, 5) is 1.87. The van der Waals surface area contributed by atoms with Gasteiger partial charge in [0.25, 0.3) is 20.0 Å². The summed E-state index contributed by atoms with van der Waals surface area (Å²) in [6, 6.07) is 12.3. The number of amidine groups is 1. The Morgan fingerprint density at radius 1 is 1.00 bits per heavy atom. The standard InChI is InChI=1S/C20H25N3O4S2/c1-15(2)16-9-11-18(12-10-16)28(24,25)21-17-6-4-7-19(14-17)29(26,27)22-20-8-5-13-23(20)3/h4,6-7,9-12,14-15,21H,5,8,13H2,1-3H3/b22-20+. The predicted octanol–water partition coefficient (Wildman–Crippen LogP) is 3.42. The zero-order valence-electron chi connectivity index (χ0n) is 16.7. The van der Waals surface area contributed by atoms with Crippen LogP contribution in [-0.2, 0) is 20.0 Å². The van der Waals surface area contributed by atoms with Crippen molar-refractivity contribution in [1.29, 1.82) is 0 Å². The molecule has 0 aliphatic carbocycles. The highest BCUT2D eigenvalue weighted by atomic mass is 32.2. The Hall–Kier alpha value is -2.39. The molecule has 0 saturated carbocycles. The van der Waals surface area contributed by atoms with Gasteiger partial charge in [-0.3, -0.25) is 4.72 Å². The smallest absolute Gasteiger partial charge is 0.284 e. The summed E-state index contributed by atoms with van der Waals surface area (Å²) in [5.74, 6) is 0.809. The van der Waals surface area contributed by atoms with Crippen LogP contribution in [0.3, 0.4) is 0 Å². The van der Waals surface area contributed by atoms with Crippen molar-refractivity contribution in [1.82, 2.24) is 4.90 Å². The number of sulfonamides is 2. The van der Waals surface area contributed by atoms with Gasteiger partial charge >= 0.3 is 0 Å². The minimum atomic E-state index is -3.92. The average molecular weight is 436 g/mol. The van der Waals surface area contributed by atoms with Gasteiger partial charge in [0.05, 0.1) is 15.5 Å². The normalized spacial score (nSPS) is 16.6. The number of anilines is 1. The second-order valence-electron chi connectivity index (χ2n) is 7.36. The first-order chi connectivity index (χ1) is 13.6. The Bertz CT molecular complexity index is 1120. The number of likely N-dealkylation sites (tertiary alicyclic amines) is 1. The molecule has 1 fully saturated rings. The van der Waals surface area contributed by atoms with Crippen LogP contribution in [0.25, 0.3) is 0 Å². The maximum atomic E-state index is 12.7. The lowest BCUT2D eigenvalue weighted by Crippen LogP contribution is -2.20. The Labute approximate surface area is 172 Å². The van der Waals surface area contributed by atoms with E-state index in [2.05, 4.69) is 9.12 Å². The molecule has 0 bridgehead atoms. The van der Waals surface area contributed by atoms with Gasteiger partial charge in [-0.2, -0.15) is 8.42 Å². The Balaban J connectivity index is 1.85. The molecule has 1 N–H and O–H groups in total. The quantitative estimate of drug-likeness (QED) is 0.750. The summed E-state index contributed by atoms with van der Waals surface area (Å²) >= 11 is 0. The number of nitrogens with one attached hydrogen (secondary N) is 1. The van der Waals surface area contributed by atoms with Crippen LogP contribution in [-0.4, -0.2) is 41.2 Å². The first kappa shape index (κ1) is 21.3. The van der Waals surface area contributed by atoms with Crippen molar-refractivity contribution in [2.24, 2.45) is 4.40 Å². The zero-order valence-corrected chi connectivity index (χ0v) is 18.3. The number of benzene rings is 2. The van der Waals surface area contributed by atoms with Crippen molar-refractivity contribution in [3.05, 3.63) is 54.1 Å². The zero-order chi connectivity index (χ0) is 21.2. The van der Waals surface area contributed by atoms with Gasteiger partial charge in [-0.15, -0.1) is 4.40 Å². The highest BCUT2D eigenvalue weighted by Crippen LogP contribution is 2.23. The van der Waals surface area contributed by atoms with Crippen LogP contribution in [0.2, 0.25) is 0 Å². The highest BCUT2D eigenvalue weighted by Gasteiger charge is 2.21. The molecule has 0 atom stereocenters. The van der Waals surface area contributed by atoms with E-state index in [1.165, 1.54) is 24.3 Å². The van der Waals surface area contributed by atoms with E-state index in [-0.39, 0.29) is 15.5 Å². The second-order valence-corrected chi connectivity index (χ2v) is 10.7. The van der Waals surface area contributed by atoms with E-state index < -0.39 is 20.0 Å². The monoisotopic (exact) mass is 435 g/mol. The van der Waals surface area contributed by atoms with E-state index in [0.29, 0.717) is 18.2 Å². The third kappa shape index (κ3) is 4.97. The second kappa shape index (κ2) is 8.16. The van der Waals surface area contributed by atoms with E-state index in [4.69, 9.17) is 0 Å². The minimum absolute atomic E-state index is 0.0549. The topological polar surface area (TPSA) is 95.9 Å². The summed E-state index contributed by atoms with van der Waals surface area (Å²) in [5, 5.41) is 0. The molecule has 1 aliphatic rings. The fourth-order valence-corrected chi connectivity index (χ4v) is 5.26. The van der Waals surface area contributed by atoms with Crippen LogP contribution < -0.4 is 4.72 Å². The number of hydrogen-bond donors (Lipinski definition) is 1. The van der Waals surface area contributed by atoms with E-state index in [0.717, 1.165) is 18.5 Å². The molecule has 0 radical (unpaired) electrons. The molecule has 29 heavy (non-hydrogen) atoms. The van der Waals surface area contributed by atoms with Crippen molar-refractivity contribution < 1.29 is 16.8 Å². The third-order valence-corrected chi connectivity index (χ3v) is 7.50. The maximum absolute atomic E-state index is 12.7. The first-order valence-corrected chi connectivity index (χ1v) is 12.3. The van der Waals surface area contributed by atoms with Gasteiger partial charge in [0.2, 0.25) is 0 Å². The van der Waals surface area contributed by atoms with E-state index in [1.807, 2.05) is 18.7 Å². The summed E-state index contributed by atoms with van der Waals surface area (Å²) in [7, 11) is -5.96. The fourth-order valence-electron chi connectivity index (χ4n) is 3.07. The Kier molecular flexibility index (Phi) is 6.00. The van der Waals surface area contributed by atoms with Crippen molar-refractivity contribution in [2.75, 3.05) is 18.3 Å². The maximum Gasteiger partial charge on any atom is 0.284 e. The van der Waals surface area contributed by atoms with Gasteiger partial charge in [0.15, 0.2) is 0 Å². The molecule has 2 aromatic rings. The van der Waals surface area contributed by atoms with Crippen LogP contribution in [0.5, 0.6) is 0 Å². The number of nitrogens with zero attached hydrogens (tertiary/aromatic N) is 2. The van der Waals surface area contributed by atoms with Gasteiger partial charge in [-0.1, -0.05) is 32.0 Å². The third-order valence-electron chi connectivity index (χ3n) is 4.80. The van der Waals surface area contributed by atoms with E-state index in [1.54, 1.807) is 31.3 Å². The summed E-state index contributed by atoms with van der Waals surface area (Å²) in [6.45, 7) is 4.82. The lowest BCUT2D eigenvalue weighted by Gasteiger charge is -2.12. The molecule has 1 aliphatic heterocycles. The molecule has 0 aromatic heterocycles. The van der Waals surface area contributed by atoms with Crippen molar-refractivity contribution in [2.45, 2.75) is 42.4 Å². The van der Waals surface area contributed by atoms with Gasteiger partial charge in [0, 0.05) is 20.0 Å². The molecule has 3 rings (SSSR count). The van der Waals surface area contributed by atoms with E-state index >= 15 is 0 Å². The van der Waals surface area contributed by atoms with Crippen LogP contribution in [0, 0.1) is 0 Å². The van der Waals surface area contributed by atoms with Gasteiger partial charge in [-0.05, 0) is 48.2 Å². The Morgan fingerprint density at radius 3 is 2.28 bits per heavy atom. The van der Waals surface area contributed by atoms with Crippen molar-refractivity contribution in [3.63, 3.8) is 0 Å². The van der Waals surface area contributed by atoms with Crippen molar-refractivity contribution in [3.8, 4) is 0 Å². The summed E-state index contributed by atoms with van der Waals surface area (Å²) in [5.41, 5.74) is 1.20. The van der Waals surface area contributed by atoms with Crippen molar-refractivity contribution >= 4 is 31.6 Å². The number of hydrogen-bond acceptors (Lipinski definition) is 4. The lowest BCUT2D eigenvalue weighted by atomic mass is 10.0. The summed E-state index contributed by atoms with van der Waals surface area (Å²) in [6.07, 6.45) is 1.47. The molecule has 156 valence electrons. The molecule has 0 unspecified atom stereocenters. The lowest BCUT2D eigenvalue weighted by molar-refractivity contribution is 0.548. The molecule has 0 spiro atoms. The van der Waals surface area contributed by atoms with Crippen LogP contribution in [0.4, 0.5) is 5.69 Å². The molecule has 1 saturated heterocycles. The van der Waals surface area contributed by atoms with Gasteiger partial charge < -0.3 is 4.90 Å². The number of rotatable bonds is 6. The van der Waals surface area contributed by atoms with Crippen LogP contribution in [0.1, 0.15) is 38.2 Å². The molecular weight excluding hydrogens is 410 g/mol. The Morgan fingerprint density at radius 2 is 1.69 bits per heavy atom. The first-order valence-electron chi connectivity index (χ1n) is 9.36. The van der Waals surface area contributed by atoms with Crippen LogP contribution in [0.15, 0.2) is 62.7 Å². The highest BCUT2D eigenvalue weighted by molar-refractivity contribution is 7.92. The molecule has 7 nitrogen and oxygen atoms in total. The minimum Gasteiger partial charge on any atom is -0.362 e. The average Bonchev–Trinajstić information content (AvgIpc) is 3.05. The molecular formula is C20H25N3O4S2. The fraction of sp³-hybridized carbons (Fsp3) is 0.350. The molecule has 9 heteroatoms. The largest absolute Gasteiger partial charge is 0.362 e. The van der Waals surface area contributed by atoms with Gasteiger partial charge in [-0.25, -0.2) is 8.42 Å². The molecule has 2 aromatic carbocycles. The predicted molar refractivity (Wildman–Crippen MR) is 114 cm³/mol. The molecule has 1 heterocycles. The van der Waals surface area contributed by atoms with Crippen LogP contribution >= 0.6 is 0 Å². The van der Waals surface area contributed by atoms with E-state index in [9.17, 15) is 16.8 Å².